The minimum atomic E-state index is 0.00574. The van der Waals surface area contributed by atoms with Crippen LogP contribution in [0.3, 0.4) is 0 Å². The van der Waals surface area contributed by atoms with E-state index in [1.165, 1.54) is 0 Å². The van der Waals surface area contributed by atoms with E-state index >= 15 is 0 Å². The summed E-state index contributed by atoms with van der Waals surface area (Å²) in [4.78, 5) is 13.4. The second kappa shape index (κ2) is 3.44. The van der Waals surface area contributed by atoms with Crippen LogP contribution in [0, 0.1) is 5.92 Å². The lowest BCUT2D eigenvalue weighted by Crippen LogP contribution is -2.39. The Morgan fingerprint density at radius 1 is 1.50 bits per heavy atom. The van der Waals surface area contributed by atoms with E-state index in [-0.39, 0.29) is 11.9 Å². The van der Waals surface area contributed by atoms with Crippen molar-refractivity contribution in [1.29, 1.82) is 0 Å². The zero-order valence-corrected chi connectivity index (χ0v) is 8.29. The van der Waals surface area contributed by atoms with E-state index in [4.69, 9.17) is 0 Å². The number of nitrogens with one attached hydrogen (secondary N) is 1. The molecule has 3 heteroatoms. The van der Waals surface area contributed by atoms with Crippen molar-refractivity contribution >= 4 is 5.91 Å². The van der Waals surface area contributed by atoms with E-state index in [1.54, 1.807) is 0 Å². The number of nitrogens with zero attached hydrogens (tertiary/aromatic N) is 1. The second-order valence-electron chi connectivity index (χ2n) is 3.88. The van der Waals surface area contributed by atoms with Gasteiger partial charge in [0.25, 0.3) is 0 Å². The first-order chi connectivity index (χ1) is 5.54. The number of carbonyl (C=O) groups is 1. The largest absolute Gasteiger partial charge is 0.326 e. The molecule has 1 rings (SSSR count). The summed E-state index contributed by atoms with van der Waals surface area (Å²) in [5.41, 5.74) is 0. The lowest BCUT2D eigenvalue weighted by atomic mass is 10.1. The standard InChI is InChI=1S/C9H18N2O/c1-6(2)8(4)11-5-10-7(3)9(11)12/h6-8,10H,5H2,1-4H3. The van der Waals surface area contributed by atoms with Gasteiger partial charge in [-0.25, -0.2) is 0 Å². The van der Waals surface area contributed by atoms with Crippen LogP contribution in [0.4, 0.5) is 0 Å². The number of carbonyl (C=O) groups excluding carboxylic acids is 1. The Labute approximate surface area is 74.1 Å². The Morgan fingerprint density at radius 3 is 2.42 bits per heavy atom. The minimum absolute atomic E-state index is 0.00574. The van der Waals surface area contributed by atoms with E-state index in [0.29, 0.717) is 18.6 Å². The van der Waals surface area contributed by atoms with Crippen LogP contribution in [0.1, 0.15) is 27.7 Å². The molecule has 0 aromatic rings. The van der Waals surface area contributed by atoms with Crippen LogP contribution < -0.4 is 5.32 Å². The molecule has 0 bridgehead atoms. The van der Waals surface area contributed by atoms with Crippen LogP contribution >= 0.6 is 0 Å². The molecule has 1 heterocycles. The smallest absolute Gasteiger partial charge is 0.240 e. The third-order valence-corrected chi connectivity index (χ3v) is 2.68. The fourth-order valence-electron chi connectivity index (χ4n) is 1.35. The van der Waals surface area contributed by atoms with Crippen LogP contribution in [-0.4, -0.2) is 29.6 Å². The van der Waals surface area contributed by atoms with Gasteiger partial charge in [0.1, 0.15) is 0 Å². The topological polar surface area (TPSA) is 32.3 Å². The molecule has 1 saturated heterocycles. The molecule has 2 unspecified atom stereocenters. The first-order valence-corrected chi connectivity index (χ1v) is 4.58. The van der Waals surface area contributed by atoms with Gasteiger partial charge in [-0.1, -0.05) is 13.8 Å². The number of amides is 1. The predicted octanol–water partition coefficient (Wildman–Crippen LogP) is 0.809. The maximum absolute atomic E-state index is 11.5. The van der Waals surface area contributed by atoms with Gasteiger partial charge in [-0.05, 0) is 19.8 Å². The molecule has 12 heavy (non-hydrogen) atoms. The van der Waals surface area contributed by atoms with Crippen molar-refractivity contribution in [3.05, 3.63) is 0 Å². The lowest BCUT2D eigenvalue weighted by molar-refractivity contribution is -0.130. The van der Waals surface area contributed by atoms with Gasteiger partial charge in [0.05, 0.1) is 12.7 Å². The molecule has 1 aliphatic heterocycles. The molecule has 0 radical (unpaired) electrons. The van der Waals surface area contributed by atoms with Gasteiger partial charge in [0.15, 0.2) is 0 Å². The number of rotatable bonds is 2. The number of hydrogen-bond acceptors (Lipinski definition) is 2. The summed E-state index contributed by atoms with van der Waals surface area (Å²) in [6.07, 6.45) is 0. The normalized spacial score (nSPS) is 26.9. The van der Waals surface area contributed by atoms with Crippen molar-refractivity contribution in [3.63, 3.8) is 0 Å². The fourth-order valence-corrected chi connectivity index (χ4v) is 1.35. The Kier molecular flexibility index (Phi) is 2.73. The van der Waals surface area contributed by atoms with Crippen molar-refractivity contribution in [2.75, 3.05) is 6.67 Å². The maximum Gasteiger partial charge on any atom is 0.240 e. The summed E-state index contributed by atoms with van der Waals surface area (Å²) in [7, 11) is 0. The predicted molar refractivity (Wildman–Crippen MR) is 48.6 cm³/mol. The van der Waals surface area contributed by atoms with Gasteiger partial charge in [0.2, 0.25) is 5.91 Å². The summed E-state index contributed by atoms with van der Waals surface area (Å²) in [6, 6.07) is 0.348. The SMILES string of the molecule is CC1NCN(C(C)C(C)C)C1=O. The van der Waals surface area contributed by atoms with E-state index in [2.05, 4.69) is 26.1 Å². The highest BCUT2D eigenvalue weighted by atomic mass is 16.2. The molecule has 0 saturated carbocycles. The molecule has 0 spiro atoms. The fraction of sp³-hybridized carbons (Fsp3) is 0.889. The molecule has 0 aliphatic carbocycles. The molecule has 1 amide bonds. The van der Waals surface area contributed by atoms with Crippen LogP contribution in [0.25, 0.3) is 0 Å². The highest BCUT2D eigenvalue weighted by molar-refractivity contribution is 5.83. The molecule has 3 nitrogen and oxygen atoms in total. The van der Waals surface area contributed by atoms with E-state index < -0.39 is 0 Å². The highest BCUT2D eigenvalue weighted by Gasteiger charge is 2.31. The average Bonchev–Trinajstić information content (AvgIpc) is 2.32. The van der Waals surface area contributed by atoms with Crippen molar-refractivity contribution in [2.24, 2.45) is 5.92 Å². The molecule has 0 aromatic carbocycles. The summed E-state index contributed by atoms with van der Waals surface area (Å²) in [5.74, 6) is 0.761. The third-order valence-electron chi connectivity index (χ3n) is 2.68. The molecule has 0 aromatic heterocycles. The highest BCUT2D eigenvalue weighted by Crippen LogP contribution is 2.14. The lowest BCUT2D eigenvalue weighted by Gasteiger charge is -2.26. The molecule has 70 valence electrons. The van der Waals surface area contributed by atoms with Gasteiger partial charge in [-0.15, -0.1) is 0 Å². The van der Waals surface area contributed by atoms with Crippen molar-refractivity contribution in [1.82, 2.24) is 10.2 Å². The monoisotopic (exact) mass is 170 g/mol. The summed E-state index contributed by atoms with van der Waals surface area (Å²) < 4.78 is 0. The van der Waals surface area contributed by atoms with E-state index in [9.17, 15) is 4.79 Å². The van der Waals surface area contributed by atoms with Gasteiger partial charge >= 0.3 is 0 Å². The molecular formula is C9H18N2O. The van der Waals surface area contributed by atoms with Gasteiger partial charge in [-0.2, -0.15) is 0 Å². The number of hydrogen-bond donors (Lipinski definition) is 1. The Bertz CT molecular complexity index is 179. The minimum Gasteiger partial charge on any atom is -0.326 e. The van der Waals surface area contributed by atoms with Crippen molar-refractivity contribution in [2.45, 2.75) is 39.8 Å². The molecule has 1 aliphatic rings. The van der Waals surface area contributed by atoms with Crippen LogP contribution in [0.2, 0.25) is 0 Å². The van der Waals surface area contributed by atoms with Gasteiger partial charge in [-0.3, -0.25) is 10.1 Å². The third kappa shape index (κ3) is 1.61. The van der Waals surface area contributed by atoms with Crippen LogP contribution in [0.15, 0.2) is 0 Å². The quantitative estimate of drug-likeness (QED) is 0.665. The average molecular weight is 170 g/mol. The summed E-state index contributed by atoms with van der Waals surface area (Å²) in [5, 5.41) is 3.13. The van der Waals surface area contributed by atoms with Crippen molar-refractivity contribution in [3.8, 4) is 0 Å². The van der Waals surface area contributed by atoms with Gasteiger partial charge < -0.3 is 4.90 Å². The Balaban J connectivity index is 2.59. The molecule has 1 fully saturated rings. The van der Waals surface area contributed by atoms with Crippen molar-refractivity contribution < 1.29 is 4.79 Å². The molecule has 2 atom stereocenters. The van der Waals surface area contributed by atoms with Gasteiger partial charge in [0, 0.05) is 6.04 Å². The Hall–Kier alpha value is -0.570. The van der Waals surface area contributed by atoms with E-state index in [0.717, 1.165) is 0 Å². The zero-order chi connectivity index (χ0) is 9.30. The first-order valence-electron chi connectivity index (χ1n) is 4.58. The maximum atomic E-state index is 11.5. The zero-order valence-electron chi connectivity index (χ0n) is 8.29. The van der Waals surface area contributed by atoms with Crippen LogP contribution in [-0.2, 0) is 4.79 Å². The summed E-state index contributed by atoms with van der Waals surface area (Å²) in [6.45, 7) is 9.00. The second-order valence-corrected chi connectivity index (χ2v) is 3.88. The molecule has 1 N–H and O–H groups in total. The van der Waals surface area contributed by atoms with E-state index in [1.807, 2.05) is 11.8 Å². The summed E-state index contributed by atoms with van der Waals surface area (Å²) >= 11 is 0. The molecular weight excluding hydrogens is 152 g/mol. The Morgan fingerprint density at radius 2 is 2.08 bits per heavy atom. The first kappa shape index (κ1) is 9.52. The van der Waals surface area contributed by atoms with Crippen LogP contribution in [0.5, 0.6) is 0 Å².